The standard InChI is InChI=1S/C27H26F2N4O4/c1-32-16-27(9-10-30-15-27)33-13-20(25(35)31-12-18-7-8-19(28)11-21(18)29)23(34)24(22(33)26(32)36)37-14-17-5-3-2-4-6-17/h2-8,11,13,30H,9-10,12,14-16H2,1H3,(H,31,35). The first-order valence-corrected chi connectivity index (χ1v) is 11.9. The fourth-order valence-electron chi connectivity index (χ4n) is 4.97. The molecule has 192 valence electrons. The van der Waals surface area contributed by atoms with Crippen molar-refractivity contribution in [2.45, 2.75) is 25.1 Å². The van der Waals surface area contributed by atoms with E-state index in [9.17, 15) is 23.2 Å². The van der Waals surface area contributed by atoms with Crippen molar-refractivity contribution in [1.82, 2.24) is 20.1 Å². The van der Waals surface area contributed by atoms with E-state index in [1.54, 1.807) is 16.5 Å². The molecule has 8 nitrogen and oxygen atoms in total. The van der Waals surface area contributed by atoms with Gasteiger partial charge in [0.15, 0.2) is 11.4 Å². The van der Waals surface area contributed by atoms with Gasteiger partial charge in [-0.15, -0.1) is 0 Å². The molecule has 3 heterocycles. The minimum atomic E-state index is -0.807. The van der Waals surface area contributed by atoms with E-state index in [4.69, 9.17) is 4.74 Å². The first kappa shape index (κ1) is 24.6. The summed E-state index contributed by atoms with van der Waals surface area (Å²) in [7, 11) is 1.68. The average molecular weight is 509 g/mol. The largest absolute Gasteiger partial charge is 0.483 e. The number of nitrogens with zero attached hydrogens (tertiary/aromatic N) is 2. The van der Waals surface area contributed by atoms with Crippen LogP contribution in [0.15, 0.2) is 59.5 Å². The number of aromatic nitrogens is 1. The lowest BCUT2D eigenvalue weighted by Gasteiger charge is -2.42. The lowest BCUT2D eigenvalue weighted by atomic mass is 9.92. The molecule has 5 rings (SSSR count). The van der Waals surface area contributed by atoms with Crippen LogP contribution < -0.4 is 20.8 Å². The van der Waals surface area contributed by atoms with Crippen LogP contribution in [0.5, 0.6) is 5.75 Å². The second kappa shape index (κ2) is 9.78. The summed E-state index contributed by atoms with van der Waals surface area (Å²) in [6.07, 6.45) is 2.09. The molecule has 10 heteroatoms. The number of carbonyl (C=O) groups excluding carboxylic acids is 2. The van der Waals surface area contributed by atoms with E-state index in [0.29, 0.717) is 26.1 Å². The number of likely N-dealkylation sites (N-methyl/N-ethyl adjacent to an activating group) is 1. The van der Waals surface area contributed by atoms with Crippen LogP contribution in [-0.2, 0) is 18.7 Å². The van der Waals surface area contributed by atoms with Crippen molar-refractivity contribution < 1.29 is 23.1 Å². The molecule has 2 aromatic carbocycles. The predicted molar refractivity (Wildman–Crippen MR) is 131 cm³/mol. The maximum atomic E-state index is 14.1. The van der Waals surface area contributed by atoms with Gasteiger partial charge >= 0.3 is 0 Å². The van der Waals surface area contributed by atoms with Crippen molar-refractivity contribution in [1.29, 1.82) is 0 Å². The Bertz CT molecular complexity index is 1420. The molecule has 2 aliphatic rings. The van der Waals surface area contributed by atoms with E-state index in [-0.39, 0.29) is 41.6 Å². The SMILES string of the molecule is CN1CC2(CCNC2)n2cc(C(=O)NCc3ccc(F)cc3F)c(=O)c(OCc3ccccc3)c2C1=O. The Morgan fingerprint density at radius 2 is 1.95 bits per heavy atom. The second-order valence-electron chi connectivity index (χ2n) is 9.42. The van der Waals surface area contributed by atoms with Gasteiger partial charge in [-0.2, -0.15) is 0 Å². The van der Waals surface area contributed by atoms with Crippen LogP contribution in [0.25, 0.3) is 0 Å². The summed E-state index contributed by atoms with van der Waals surface area (Å²) in [4.78, 5) is 41.6. The highest BCUT2D eigenvalue weighted by molar-refractivity contribution is 5.99. The maximum Gasteiger partial charge on any atom is 0.274 e. The third-order valence-electron chi connectivity index (χ3n) is 6.90. The Hall–Kier alpha value is -4.05. The topological polar surface area (TPSA) is 92.7 Å². The number of carbonyl (C=O) groups is 2. The molecule has 1 atom stereocenters. The number of hydrogen-bond donors (Lipinski definition) is 2. The molecule has 0 radical (unpaired) electrons. The monoisotopic (exact) mass is 508 g/mol. The van der Waals surface area contributed by atoms with E-state index < -0.39 is 28.5 Å². The van der Waals surface area contributed by atoms with Gasteiger partial charge in [-0.1, -0.05) is 36.4 Å². The lowest BCUT2D eigenvalue weighted by Crippen LogP contribution is -2.55. The molecule has 3 aromatic rings. The highest BCUT2D eigenvalue weighted by Gasteiger charge is 2.45. The molecular weight excluding hydrogens is 482 g/mol. The molecule has 0 saturated carbocycles. The van der Waals surface area contributed by atoms with Gasteiger partial charge in [0.25, 0.3) is 11.8 Å². The quantitative estimate of drug-likeness (QED) is 0.534. The van der Waals surface area contributed by atoms with Gasteiger partial charge in [0.2, 0.25) is 5.43 Å². The van der Waals surface area contributed by atoms with Crippen LogP contribution >= 0.6 is 0 Å². The smallest absolute Gasteiger partial charge is 0.274 e. The Morgan fingerprint density at radius 3 is 2.65 bits per heavy atom. The van der Waals surface area contributed by atoms with Gasteiger partial charge in [0.1, 0.15) is 23.8 Å². The molecule has 1 fully saturated rings. The Balaban J connectivity index is 1.56. The molecule has 0 aliphatic carbocycles. The second-order valence-corrected chi connectivity index (χ2v) is 9.42. The molecule has 1 unspecified atom stereocenters. The Morgan fingerprint density at radius 1 is 1.16 bits per heavy atom. The number of nitrogens with one attached hydrogen (secondary N) is 2. The first-order chi connectivity index (χ1) is 17.8. The number of benzene rings is 2. The third-order valence-corrected chi connectivity index (χ3v) is 6.90. The molecule has 0 bridgehead atoms. The number of hydrogen-bond acceptors (Lipinski definition) is 5. The lowest BCUT2D eigenvalue weighted by molar-refractivity contribution is 0.0617. The number of ether oxygens (including phenoxy) is 1. The number of halogens is 2. The van der Waals surface area contributed by atoms with E-state index in [1.165, 1.54) is 12.3 Å². The molecule has 1 aromatic heterocycles. The van der Waals surface area contributed by atoms with Crippen LogP contribution in [0.1, 0.15) is 38.4 Å². The summed E-state index contributed by atoms with van der Waals surface area (Å²) in [5.74, 6) is -2.86. The van der Waals surface area contributed by atoms with Crippen LogP contribution in [-0.4, -0.2) is 48.0 Å². The minimum Gasteiger partial charge on any atom is -0.483 e. The van der Waals surface area contributed by atoms with Crippen molar-refractivity contribution in [3.63, 3.8) is 0 Å². The van der Waals surface area contributed by atoms with E-state index >= 15 is 0 Å². The van der Waals surface area contributed by atoms with Crippen molar-refractivity contribution >= 4 is 11.8 Å². The van der Waals surface area contributed by atoms with Crippen LogP contribution in [0, 0.1) is 11.6 Å². The van der Waals surface area contributed by atoms with Crippen molar-refractivity contribution in [2.75, 3.05) is 26.7 Å². The zero-order valence-corrected chi connectivity index (χ0v) is 20.2. The van der Waals surface area contributed by atoms with Gasteiger partial charge in [0.05, 0.1) is 5.54 Å². The zero-order valence-electron chi connectivity index (χ0n) is 20.2. The van der Waals surface area contributed by atoms with E-state index in [2.05, 4.69) is 10.6 Å². The molecule has 1 saturated heterocycles. The Kier molecular flexibility index (Phi) is 6.51. The number of amides is 2. The summed E-state index contributed by atoms with van der Waals surface area (Å²) in [6.45, 7) is 1.42. The first-order valence-electron chi connectivity index (χ1n) is 11.9. The molecule has 2 aliphatic heterocycles. The van der Waals surface area contributed by atoms with Crippen molar-refractivity contribution in [3.8, 4) is 5.75 Å². The third kappa shape index (κ3) is 4.60. The van der Waals surface area contributed by atoms with E-state index in [1.807, 2.05) is 30.3 Å². The predicted octanol–water partition coefficient (Wildman–Crippen LogP) is 2.41. The maximum absolute atomic E-state index is 14.1. The summed E-state index contributed by atoms with van der Waals surface area (Å²) < 4.78 is 35.0. The molecule has 1 spiro atoms. The van der Waals surface area contributed by atoms with E-state index in [0.717, 1.165) is 17.7 Å². The summed E-state index contributed by atoms with van der Waals surface area (Å²) in [6, 6.07) is 12.2. The summed E-state index contributed by atoms with van der Waals surface area (Å²) in [5, 5.41) is 5.85. The van der Waals surface area contributed by atoms with Gasteiger partial charge in [0, 0.05) is 44.5 Å². The van der Waals surface area contributed by atoms with Crippen LogP contribution in [0.4, 0.5) is 8.78 Å². The van der Waals surface area contributed by atoms with Crippen LogP contribution in [0.2, 0.25) is 0 Å². The highest BCUT2D eigenvalue weighted by Crippen LogP contribution is 2.35. The molecular formula is C27H26F2N4O4. The van der Waals surface area contributed by atoms with Crippen LogP contribution in [0.3, 0.4) is 0 Å². The summed E-state index contributed by atoms with van der Waals surface area (Å²) in [5.41, 5.74) is -0.562. The van der Waals surface area contributed by atoms with Crippen molar-refractivity contribution in [2.24, 2.45) is 0 Å². The van der Waals surface area contributed by atoms with Gasteiger partial charge in [-0.25, -0.2) is 8.78 Å². The van der Waals surface area contributed by atoms with Crippen molar-refractivity contribution in [3.05, 3.63) is 99.0 Å². The summed E-state index contributed by atoms with van der Waals surface area (Å²) >= 11 is 0. The molecule has 2 N–H and O–H groups in total. The normalized spacial score (nSPS) is 18.7. The number of rotatable bonds is 6. The fraction of sp³-hybridized carbons (Fsp3) is 0.296. The molecule has 37 heavy (non-hydrogen) atoms. The van der Waals surface area contributed by atoms with Gasteiger partial charge < -0.3 is 24.8 Å². The number of pyridine rings is 1. The van der Waals surface area contributed by atoms with Gasteiger partial charge in [-0.05, 0) is 24.6 Å². The minimum absolute atomic E-state index is 0.0250. The Labute approximate surface area is 211 Å². The fourth-order valence-corrected chi connectivity index (χ4v) is 4.97. The number of fused-ring (bicyclic) bond motifs is 2. The van der Waals surface area contributed by atoms with Gasteiger partial charge in [-0.3, -0.25) is 14.4 Å². The highest BCUT2D eigenvalue weighted by atomic mass is 19.1. The average Bonchev–Trinajstić information content (AvgIpc) is 3.35. The zero-order chi connectivity index (χ0) is 26.2. The molecule has 2 amide bonds.